The maximum atomic E-state index is 12.8. The monoisotopic (exact) mass is 451 g/mol. The van der Waals surface area contributed by atoms with Crippen LogP contribution in [0.3, 0.4) is 0 Å². The van der Waals surface area contributed by atoms with Crippen LogP contribution < -0.4 is 20.1 Å². The van der Waals surface area contributed by atoms with Crippen LogP contribution in [0.2, 0.25) is 0 Å². The quantitative estimate of drug-likeness (QED) is 0.640. The summed E-state index contributed by atoms with van der Waals surface area (Å²) in [5.41, 5.74) is 1.11. The van der Waals surface area contributed by atoms with E-state index < -0.39 is 0 Å². The summed E-state index contributed by atoms with van der Waals surface area (Å²) < 4.78 is 10.6. The summed E-state index contributed by atoms with van der Waals surface area (Å²) in [5.74, 6) is 1.43. The predicted octanol–water partition coefficient (Wildman–Crippen LogP) is 3.71. The molecule has 0 bridgehead atoms. The fraction of sp³-hybridized carbons (Fsp3) is 0.462. The van der Waals surface area contributed by atoms with Gasteiger partial charge in [-0.15, -0.1) is 0 Å². The van der Waals surface area contributed by atoms with Crippen molar-refractivity contribution < 1.29 is 19.1 Å². The Morgan fingerprint density at radius 2 is 1.79 bits per heavy atom. The molecule has 7 nitrogen and oxygen atoms in total. The zero-order valence-corrected chi connectivity index (χ0v) is 19.2. The lowest BCUT2D eigenvalue weighted by atomic mass is 9.83. The molecule has 33 heavy (non-hydrogen) atoms. The molecule has 2 N–H and O–H groups in total. The number of benzene rings is 2. The number of carbonyl (C=O) groups excluding carboxylic acids is 2. The van der Waals surface area contributed by atoms with Gasteiger partial charge in [0.15, 0.2) is 6.61 Å². The molecule has 176 valence electrons. The zero-order valence-electron chi connectivity index (χ0n) is 19.2. The van der Waals surface area contributed by atoms with Gasteiger partial charge in [-0.1, -0.05) is 12.5 Å². The molecule has 4 rings (SSSR count). The summed E-state index contributed by atoms with van der Waals surface area (Å²) in [6, 6.07) is 14.7. The van der Waals surface area contributed by atoms with Crippen LogP contribution in [-0.4, -0.2) is 56.1 Å². The molecular formula is C26H33N3O4. The Morgan fingerprint density at radius 1 is 1.00 bits per heavy atom. The van der Waals surface area contributed by atoms with Crippen LogP contribution in [0.15, 0.2) is 48.5 Å². The molecule has 2 saturated heterocycles. The second kappa shape index (κ2) is 11.2. The number of fused-ring (bicyclic) bond motifs is 1. The van der Waals surface area contributed by atoms with Crippen LogP contribution in [0, 0.1) is 5.92 Å². The Balaban J connectivity index is 1.26. The van der Waals surface area contributed by atoms with Crippen molar-refractivity contribution in [3.8, 4) is 11.5 Å². The van der Waals surface area contributed by atoms with E-state index in [1.165, 1.54) is 45.2 Å². The molecule has 0 radical (unpaired) electrons. The number of carbonyl (C=O) groups is 2. The Morgan fingerprint density at radius 3 is 2.61 bits per heavy atom. The number of hydrogen-bond donors (Lipinski definition) is 2. The molecule has 2 aromatic rings. The van der Waals surface area contributed by atoms with Crippen molar-refractivity contribution in [3.63, 3.8) is 0 Å². The molecule has 0 saturated carbocycles. The largest absolute Gasteiger partial charge is 0.497 e. The minimum Gasteiger partial charge on any atom is -0.497 e. The Bertz CT molecular complexity index is 945. The van der Waals surface area contributed by atoms with Gasteiger partial charge in [0.1, 0.15) is 11.5 Å². The van der Waals surface area contributed by atoms with Crippen LogP contribution in [0.1, 0.15) is 42.5 Å². The first kappa shape index (κ1) is 23.1. The summed E-state index contributed by atoms with van der Waals surface area (Å²) in [6.45, 7) is 2.96. The van der Waals surface area contributed by atoms with Gasteiger partial charge < -0.3 is 25.0 Å². The highest BCUT2D eigenvalue weighted by molar-refractivity contribution is 5.97. The van der Waals surface area contributed by atoms with Crippen LogP contribution in [0.4, 0.5) is 5.69 Å². The zero-order chi connectivity index (χ0) is 23.0. The average molecular weight is 452 g/mol. The van der Waals surface area contributed by atoms with Crippen LogP contribution in [-0.2, 0) is 4.79 Å². The van der Waals surface area contributed by atoms with Gasteiger partial charge in [-0.05, 0) is 87.2 Å². The fourth-order valence-corrected chi connectivity index (χ4v) is 4.90. The lowest BCUT2D eigenvalue weighted by Gasteiger charge is -2.44. The third-order valence-electron chi connectivity index (χ3n) is 6.59. The highest BCUT2D eigenvalue weighted by Crippen LogP contribution is 2.30. The normalized spacial score (nSPS) is 20.4. The molecule has 2 amide bonds. The first-order valence-electron chi connectivity index (χ1n) is 11.8. The van der Waals surface area contributed by atoms with E-state index in [9.17, 15) is 9.59 Å². The minimum atomic E-state index is -0.289. The van der Waals surface area contributed by atoms with Crippen LogP contribution in [0.25, 0.3) is 0 Å². The van der Waals surface area contributed by atoms with Crippen molar-refractivity contribution in [2.75, 3.05) is 38.7 Å². The molecule has 0 aromatic heterocycles. The minimum absolute atomic E-state index is 0.103. The van der Waals surface area contributed by atoms with E-state index in [4.69, 9.17) is 9.47 Å². The molecule has 2 aliphatic rings. The molecule has 2 aliphatic heterocycles. The van der Waals surface area contributed by atoms with Crippen molar-refractivity contribution in [2.45, 2.75) is 38.1 Å². The van der Waals surface area contributed by atoms with Gasteiger partial charge >= 0.3 is 0 Å². The molecule has 0 spiro atoms. The number of piperidine rings is 2. The van der Waals surface area contributed by atoms with E-state index in [-0.39, 0.29) is 18.4 Å². The van der Waals surface area contributed by atoms with Gasteiger partial charge in [-0.3, -0.25) is 9.59 Å². The fourth-order valence-electron chi connectivity index (χ4n) is 4.90. The SMILES string of the molecule is COc1ccc(OCC(=O)Nc2cccc(C(=O)NC[C@@H]3CCCN4CCCC[C@H]34)c2)cc1. The predicted molar refractivity (Wildman–Crippen MR) is 128 cm³/mol. The second-order valence-electron chi connectivity index (χ2n) is 8.80. The molecule has 2 fully saturated rings. The van der Waals surface area contributed by atoms with E-state index in [1.807, 2.05) is 0 Å². The lowest BCUT2D eigenvalue weighted by Crippen LogP contribution is -2.51. The molecule has 2 aromatic carbocycles. The highest BCUT2D eigenvalue weighted by atomic mass is 16.5. The van der Waals surface area contributed by atoms with Crippen LogP contribution >= 0.6 is 0 Å². The van der Waals surface area contributed by atoms with E-state index in [2.05, 4.69) is 15.5 Å². The number of methoxy groups -OCH3 is 1. The molecule has 2 atom stereocenters. The molecule has 2 heterocycles. The van der Waals surface area contributed by atoms with Crippen molar-refractivity contribution in [2.24, 2.45) is 5.92 Å². The summed E-state index contributed by atoms with van der Waals surface area (Å²) in [5, 5.41) is 5.92. The average Bonchev–Trinajstić information content (AvgIpc) is 2.86. The van der Waals surface area contributed by atoms with E-state index in [1.54, 1.807) is 55.6 Å². The van der Waals surface area contributed by atoms with Crippen molar-refractivity contribution in [1.82, 2.24) is 10.2 Å². The van der Waals surface area contributed by atoms with Gasteiger partial charge in [-0.25, -0.2) is 0 Å². The van der Waals surface area contributed by atoms with Crippen molar-refractivity contribution >= 4 is 17.5 Å². The maximum absolute atomic E-state index is 12.8. The van der Waals surface area contributed by atoms with Gasteiger partial charge in [0.25, 0.3) is 11.8 Å². The summed E-state index contributed by atoms with van der Waals surface area (Å²) in [4.78, 5) is 27.7. The number of hydrogen-bond acceptors (Lipinski definition) is 5. The Kier molecular flexibility index (Phi) is 7.83. The number of nitrogens with one attached hydrogen (secondary N) is 2. The number of amides is 2. The van der Waals surface area contributed by atoms with Gasteiger partial charge in [0.05, 0.1) is 7.11 Å². The first-order valence-corrected chi connectivity index (χ1v) is 11.8. The number of nitrogens with zero attached hydrogens (tertiary/aromatic N) is 1. The highest BCUT2D eigenvalue weighted by Gasteiger charge is 2.32. The number of rotatable bonds is 8. The first-order chi connectivity index (χ1) is 16.1. The molecule has 0 unspecified atom stereocenters. The van der Waals surface area contributed by atoms with Gasteiger partial charge in [0, 0.05) is 23.8 Å². The topological polar surface area (TPSA) is 79.9 Å². The van der Waals surface area contributed by atoms with Gasteiger partial charge in [0.2, 0.25) is 0 Å². The van der Waals surface area contributed by atoms with Crippen LogP contribution in [0.5, 0.6) is 11.5 Å². The summed E-state index contributed by atoms with van der Waals surface area (Å²) in [7, 11) is 1.60. The third kappa shape index (κ3) is 6.26. The third-order valence-corrected chi connectivity index (χ3v) is 6.59. The Labute approximate surface area is 195 Å². The van der Waals surface area contributed by atoms with E-state index >= 15 is 0 Å². The Hall–Kier alpha value is -3.06. The summed E-state index contributed by atoms with van der Waals surface area (Å²) in [6.07, 6.45) is 6.19. The molecule has 7 heteroatoms. The number of ether oxygens (including phenoxy) is 2. The molecule has 0 aliphatic carbocycles. The lowest BCUT2D eigenvalue weighted by molar-refractivity contribution is -0.118. The van der Waals surface area contributed by atoms with Gasteiger partial charge in [-0.2, -0.15) is 0 Å². The standard InChI is InChI=1S/C26H33N3O4/c1-32-22-10-12-23(13-11-22)33-18-25(30)28-21-8-4-6-19(16-21)26(31)27-17-20-7-5-15-29-14-3-2-9-24(20)29/h4,6,8,10-13,16,20,24H,2-3,5,7,9,14-15,17-18H2,1H3,(H,27,31)(H,28,30)/t20-,24+/m0/s1. The second-order valence-corrected chi connectivity index (χ2v) is 8.80. The molecular weight excluding hydrogens is 418 g/mol. The van der Waals surface area contributed by atoms with Crippen molar-refractivity contribution in [1.29, 1.82) is 0 Å². The van der Waals surface area contributed by atoms with E-state index in [0.29, 0.717) is 35.5 Å². The maximum Gasteiger partial charge on any atom is 0.262 e. The number of anilines is 1. The van der Waals surface area contributed by atoms with Crippen molar-refractivity contribution in [3.05, 3.63) is 54.1 Å². The van der Waals surface area contributed by atoms with E-state index in [0.717, 1.165) is 5.75 Å². The smallest absolute Gasteiger partial charge is 0.262 e. The summed E-state index contributed by atoms with van der Waals surface area (Å²) >= 11 is 0.